The Morgan fingerprint density at radius 1 is 1.17 bits per heavy atom. The summed E-state index contributed by atoms with van der Waals surface area (Å²) in [6, 6.07) is 3.47. The van der Waals surface area contributed by atoms with Gasteiger partial charge in [0, 0.05) is 10.4 Å². The molecule has 0 radical (unpaired) electrons. The number of aryl methyl sites for hydroxylation is 1. The Labute approximate surface area is 94.9 Å². The fraction of sp³-hybridized carbons (Fsp3) is 0.250. The van der Waals surface area contributed by atoms with Gasteiger partial charge in [0.2, 0.25) is 0 Å². The van der Waals surface area contributed by atoms with Crippen molar-refractivity contribution in [2.75, 3.05) is 5.33 Å². The fourth-order valence-electron chi connectivity index (χ4n) is 0.893. The average Bonchev–Trinajstić information content (AvgIpc) is 2.00. The molecule has 0 aromatic heterocycles. The van der Waals surface area contributed by atoms with Crippen molar-refractivity contribution < 1.29 is 0 Å². The molecule has 0 amide bonds. The van der Waals surface area contributed by atoms with Gasteiger partial charge in [0.05, 0.1) is 10.0 Å². The molecule has 0 aliphatic heterocycles. The van der Waals surface area contributed by atoms with Crippen LogP contribution in [-0.2, 0) is 6.42 Å². The molecule has 0 bridgehead atoms. The first-order valence-corrected chi connectivity index (χ1v) is 5.60. The summed E-state index contributed by atoms with van der Waals surface area (Å²) in [4.78, 5) is 0. The van der Waals surface area contributed by atoms with Gasteiger partial charge in [-0.2, -0.15) is 0 Å². The molecular weight excluding hydrogens is 282 g/mol. The molecule has 12 heavy (non-hydrogen) atoms. The second-order valence-corrected chi connectivity index (χ2v) is 4.31. The van der Waals surface area contributed by atoms with E-state index in [9.17, 15) is 0 Å². The number of halogens is 4. The van der Waals surface area contributed by atoms with Crippen molar-refractivity contribution in [1.29, 1.82) is 0 Å². The van der Waals surface area contributed by atoms with Crippen LogP contribution in [0.2, 0.25) is 15.1 Å². The second kappa shape index (κ2) is 4.71. The predicted octanol–water partition coefficient (Wildman–Crippen LogP) is 4.58. The van der Waals surface area contributed by atoms with Crippen LogP contribution in [0.5, 0.6) is 0 Å². The molecule has 66 valence electrons. The highest BCUT2D eigenvalue weighted by Gasteiger charge is 2.05. The van der Waals surface area contributed by atoms with E-state index in [1.807, 2.05) is 6.07 Å². The maximum atomic E-state index is 5.93. The van der Waals surface area contributed by atoms with Gasteiger partial charge < -0.3 is 0 Å². The van der Waals surface area contributed by atoms with Crippen LogP contribution in [0, 0.1) is 0 Å². The Bertz CT molecular complexity index is 286. The van der Waals surface area contributed by atoms with Gasteiger partial charge in [0.25, 0.3) is 0 Å². The molecule has 0 heterocycles. The van der Waals surface area contributed by atoms with Crippen molar-refractivity contribution in [3.8, 4) is 0 Å². The first-order chi connectivity index (χ1) is 5.65. The maximum Gasteiger partial charge on any atom is 0.0625 e. The first-order valence-electron chi connectivity index (χ1n) is 3.34. The highest BCUT2D eigenvalue weighted by molar-refractivity contribution is 9.09. The molecule has 1 aromatic rings. The lowest BCUT2D eigenvalue weighted by Gasteiger charge is -2.04. The molecule has 0 nitrogen and oxygen atoms in total. The Morgan fingerprint density at radius 2 is 1.83 bits per heavy atom. The summed E-state index contributed by atoms with van der Waals surface area (Å²) in [6.45, 7) is 0. The van der Waals surface area contributed by atoms with Crippen molar-refractivity contribution in [3.63, 3.8) is 0 Å². The van der Waals surface area contributed by atoms with E-state index in [0.717, 1.165) is 17.3 Å². The van der Waals surface area contributed by atoms with Crippen molar-refractivity contribution in [1.82, 2.24) is 0 Å². The van der Waals surface area contributed by atoms with Crippen LogP contribution in [0.25, 0.3) is 0 Å². The predicted molar refractivity (Wildman–Crippen MR) is 59.0 cm³/mol. The SMILES string of the molecule is Clc1cc(Cl)c(Cl)c(CCBr)c1. The van der Waals surface area contributed by atoms with Crippen molar-refractivity contribution in [2.45, 2.75) is 6.42 Å². The minimum absolute atomic E-state index is 0.514. The molecule has 1 aromatic carbocycles. The van der Waals surface area contributed by atoms with Gasteiger partial charge in [-0.25, -0.2) is 0 Å². The van der Waals surface area contributed by atoms with Crippen molar-refractivity contribution in [2.24, 2.45) is 0 Å². The maximum absolute atomic E-state index is 5.93. The zero-order valence-corrected chi connectivity index (χ0v) is 9.93. The van der Waals surface area contributed by atoms with Crippen LogP contribution in [0.3, 0.4) is 0 Å². The third-order valence-electron chi connectivity index (χ3n) is 1.43. The lowest BCUT2D eigenvalue weighted by atomic mass is 10.2. The normalized spacial score (nSPS) is 10.3. The molecule has 1 rings (SSSR count). The van der Waals surface area contributed by atoms with Gasteiger partial charge in [-0.3, -0.25) is 0 Å². The van der Waals surface area contributed by atoms with Crippen LogP contribution in [0.4, 0.5) is 0 Å². The van der Waals surface area contributed by atoms with E-state index >= 15 is 0 Å². The van der Waals surface area contributed by atoms with Gasteiger partial charge >= 0.3 is 0 Å². The van der Waals surface area contributed by atoms with Crippen molar-refractivity contribution >= 4 is 50.7 Å². The Balaban J connectivity index is 3.09. The lowest BCUT2D eigenvalue weighted by Crippen LogP contribution is -1.88. The largest absolute Gasteiger partial charge is 0.0924 e. The zero-order valence-electron chi connectivity index (χ0n) is 6.08. The summed E-state index contributed by atoms with van der Waals surface area (Å²) in [5.41, 5.74) is 0.978. The number of alkyl halides is 1. The van der Waals surface area contributed by atoms with E-state index in [1.54, 1.807) is 6.07 Å². The minimum Gasteiger partial charge on any atom is -0.0924 e. The molecule has 0 aliphatic rings. The number of hydrogen-bond acceptors (Lipinski definition) is 0. The number of benzene rings is 1. The summed E-state index contributed by atoms with van der Waals surface area (Å²) in [7, 11) is 0. The molecule has 0 fully saturated rings. The van der Waals surface area contributed by atoms with Crippen LogP contribution < -0.4 is 0 Å². The summed E-state index contributed by atoms with van der Waals surface area (Å²) in [6.07, 6.45) is 0.832. The summed E-state index contributed by atoms with van der Waals surface area (Å²) in [5.74, 6) is 0. The molecule has 0 saturated heterocycles. The number of hydrogen-bond donors (Lipinski definition) is 0. The minimum atomic E-state index is 0.514. The Kier molecular flexibility index (Phi) is 4.18. The van der Waals surface area contributed by atoms with Gasteiger partial charge in [0.1, 0.15) is 0 Å². The second-order valence-electron chi connectivity index (χ2n) is 2.30. The molecule has 0 atom stereocenters. The molecule has 4 heteroatoms. The molecule has 0 N–H and O–H groups in total. The number of rotatable bonds is 2. The lowest BCUT2D eigenvalue weighted by molar-refractivity contribution is 1.17. The van der Waals surface area contributed by atoms with E-state index in [4.69, 9.17) is 34.8 Å². The molecule has 0 spiro atoms. The summed E-state index contributed by atoms with van der Waals surface area (Å²) >= 11 is 20.9. The van der Waals surface area contributed by atoms with Gasteiger partial charge in [0.15, 0.2) is 0 Å². The van der Waals surface area contributed by atoms with E-state index < -0.39 is 0 Å². The van der Waals surface area contributed by atoms with Crippen LogP contribution in [0.1, 0.15) is 5.56 Å². The highest BCUT2D eigenvalue weighted by Crippen LogP contribution is 2.30. The van der Waals surface area contributed by atoms with E-state index in [2.05, 4.69) is 15.9 Å². The average molecular weight is 288 g/mol. The molecule has 0 aliphatic carbocycles. The van der Waals surface area contributed by atoms with Crippen LogP contribution in [-0.4, -0.2) is 5.33 Å². The van der Waals surface area contributed by atoms with Crippen molar-refractivity contribution in [3.05, 3.63) is 32.8 Å². The monoisotopic (exact) mass is 286 g/mol. The van der Waals surface area contributed by atoms with Gasteiger partial charge in [-0.15, -0.1) is 0 Å². The molecule has 0 saturated carbocycles. The highest BCUT2D eigenvalue weighted by atomic mass is 79.9. The first kappa shape index (κ1) is 10.6. The van der Waals surface area contributed by atoms with Crippen LogP contribution in [0.15, 0.2) is 12.1 Å². The summed E-state index contributed by atoms with van der Waals surface area (Å²) < 4.78 is 0. The smallest absolute Gasteiger partial charge is 0.0625 e. The molecule has 0 unspecified atom stereocenters. The zero-order chi connectivity index (χ0) is 9.14. The third-order valence-corrected chi connectivity index (χ3v) is 2.89. The van der Waals surface area contributed by atoms with E-state index in [0.29, 0.717) is 15.1 Å². The van der Waals surface area contributed by atoms with E-state index in [1.165, 1.54) is 0 Å². The summed E-state index contributed by atoms with van der Waals surface area (Å²) in [5, 5.41) is 2.59. The van der Waals surface area contributed by atoms with Gasteiger partial charge in [-0.1, -0.05) is 50.7 Å². The fourth-order valence-corrected chi connectivity index (χ4v) is 2.06. The standard InChI is InChI=1S/C8H6BrCl3/c9-2-1-5-3-6(10)4-7(11)8(5)12/h3-4H,1-2H2. The Hall–Kier alpha value is 0.570. The van der Waals surface area contributed by atoms with E-state index in [-0.39, 0.29) is 0 Å². The topological polar surface area (TPSA) is 0 Å². The molecular formula is C8H6BrCl3. The Morgan fingerprint density at radius 3 is 2.42 bits per heavy atom. The van der Waals surface area contributed by atoms with Crippen LogP contribution >= 0.6 is 50.7 Å². The third kappa shape index (κ3) is 2.53. The quantitative estimate of drug-likeness (QED) is 0.552. The van der Waals surface area contributed by atoms with Gasteiger partial charge in [-0.05, 0) is 24.1 Å².